The highest BCUT2D eigenvalue weighted by molar-refractivity contribution is 5.94. The fourth-order valence-corrected chi connectivity index (χ4v) is 1.73. The van der Waals surface area contributed by atoms with Crippen molar-refractivity contribution in [1.82, 2.24) is 15.3 Å². The molecule has 1 aromatic rings. The van der Waals surface area contributed by atoms with Gasteiger partial charge in [-0.2, -0.15) is 18.2 Å². The lowest BCUT2D eigenvalue weighted by Gasteiger charge is -2.11. The van der Waals surface area contributed by atoms with Gasteiger partial charge in [-0.25, -0.2) is 9.37 Å². The molecule has 116 valence electrons. The zero-order valence-corrected chi connectivity index (χ0v) is 10.7. The molecule has 1 aromatic heterocycles. The predicted octanol–water partition coefficient (Wildman–Crippen LogP) is 1.06. The van der Waals surface area contributed by atoms with Crippen molar-refractivity contribution in [2.24, 2.45) is 0 Å². The minimum absolute atomic E-state index is 0.0173. The first-order chi connectivity index (χ1) is 9.83. The molecule has 2 rings (SSSR count). The first-order valence-electron chi connectivity index (χ1n) is 6.04. The molecule has 2 N–H and O–H groups in total. The van der Waals surface area contributed by atoms with Gasteiger partial charge in [0.1, 0.15) is 12.0 Å². The maximum absolute atomic E-state index is 13.0. The van der Waals surface area contributed by atoms with Gasteiger partial charge in [0.25, 0.3) is 0 Å². The number of carbonyl (C=O) groups excluding carboxylic acids is 1. The minimum Gasteiger partial charge on any atom is -0.454 e. The molecule has 1 fully saturated rings. The minimum atomic E-state index is -4.51. The third kappa shape index (κ3) is 4.81. The number of ether oxygens (including phenoxy) is 1. The Balaban J connectivity index is 1.93. The Morgan fingerprint density at radius 3 is 2.90 bits per heavy atom. The lowest BCUT2D eigenvalue weighted by Crippen LogP contribution is -2.35. The van der Waals surface area contributed by atoms with Crippen LogP contribution in [0.1, 0.15) is 6.42 Å². The molecular formula is C11H12F4N4O2. The number of amides is 1. The standard InChI is InChI=1S/C11H12F4N4O2/c12-6-3-7(17-4-6)9(20)18-8-1-2-16-10(19-8)21-5-11(13,14)15/h1-2,6-7,17H,3-5H2,(H,16,18,19,20)/t6-,7+/m1/s1. The van der Waals surface area contributed by atoms with Crippen molar-refractivity contribution in [2.75, 3.05) is 18.5 Å². The normalized spacial score (nSPS) is 22.1. The van der Waals surface area contributed by atoms with E-state index in [1.165, 1.54) is 6.07 Å². The maximum atomic E-state index is 13.0. The number of halogens is 4. The molecule has 0 spiro atoms. The molecule has 0 unspecified atom stereocenters. The van der Waals surface area contributed by atoms with Gasteiger partial charge >= 0.3 is 12.2 Å². The van der Waals surface area contributed by atoms with Crippen LogP contribution in [0.25, 0.3) is 0 Å². The molecule has 21 heavy (non-hydrogen) atoms. The van der Waals surface area contributed by atoms with Crippen LogP contribution in [-0.2, 0) is 4.79 Å². The van der Waals surface area contributed by atoms with E-state index in [9.17, 15) is 22.4 Å². The average molecular weight is 308 g/mol. The van der Waals surface area contributed by atoms with Crippen LogP contribution in [0.15, 0.2) is 12.3 Å². The van der Waals surface area contributed by atoms with Gasteiger partial charge < -0.3 is 15.4 Å². The number of hydrogen-bond donors (Lipinski definition) is 2. The molecule has 1 aliphatic rings. The van der Waals surface area contributed by atoms with E-state index in [-0.39, 0.29) is 18.8 Å². The molecule has 1 amide bonds. The number of carbonyl (C=O) groups is 1. The van der Waals surface area contributed by atoms with Crippen LogP contribution in [0.5, 0.6) is 6.01 Å². The van der Waals surface area contributed by atoms with Gasteiger partial charge in [0.2, 0.25) is 5.91 Å². The largest absolute Gasteiger partial charge is 0.454 e. The third-order valence-electron chi connectivity index (χ3n) is 2.64. The Bertz CT molecular complexity index is 511. The van der Waals surface area contributed by atoms with Crippen molar-refractivity contribution >= 4 is 11.7 Å². The number of nitrogens with zero attached hydrogens (tertiary/aromatic N) is 2. The summed E-state index contributed by atoms with van der Waals surface area (Å²) in [4.78, 5) is 18.9. The summed E-state index contributed by atoms with van der Waals surface area (Å²) in [5.74, 6) is -0.535. The van der Waals surface area contributed by atoms with Crippen molar-refractivity contribution < 1.29 is 27.1 Å². The van der Waals surface area contributed by atoms with Crippen LogP contribution in [0, 0.1) is 0 Å². The highest BCUT2D eigenvalue weighted by Gasteiger charge is 2.30. The van der Waals surface area contributed by atoms with E-state index in [0.29, 0.717) is 0 Å². The SMILES string of the molecule is O=C(Nc1ccnc(OCC(F)(F)F)n1)[C@@H]1C[C@@H](F)CN1. The lowest BCUT2D eigenvalue weighted by molar-refractivity contribution is -0.154. The van der Waals surface area contributed by atoms with E-state index in [1.807, 2.05) is 0 Å². The monoisotopic (exact) mass is 308 g/mol. The summed E-state index contributed by atoms with van der Waals surface area (Å²) in [6, 6.07) is 0.0858. The van der Waals surface area contributed by atoms with Gasteiger partial charge in [-0.1, -0.05) is 0 Å². The Morgan fingerprint density at radius 2 is 2.29 bits per heavy atom. The van der Waals surface area contributed by atoms with E-state index in [2.05, 4.69) is 25.3 Å². The smallest absolute Gasteiger partial charge is 0.422 e. The van der Waals surface area contributed by atoms with Crippen LogP contribution >= 0.6 is 0 Å². The molecule has 0 radical (unpaired) electrons. The fraction of sp³-hybridized carbons (Fsp3) is 0.545. The maximum Gasteiger partial charge on any atom is 0.422 e. The number of aromatic nitrogens is 2. The second kappa shape index (κ2) is 6.20. The fourth-order valence-electron chi connectivity index (χ4n) is 1.73. The van der Waals surface area contributed by atoms with E-state index >= 15 is 0 Å². The molecular weight excluding hydrogens is 296 g/mol. The Morgan fingerprint density at radius 1 is 1.52 bits per heavy atom. The van der Waals surface area contributed by atoms with E-state index in [4.69, 9.17) is 0 Å². The number of nitrogens with one attached hydrogen (secondary N) is 2. The summed E-state index contributed by atoms with van der Waals surface area (Å²) in [6.07, 6.45) is -4.42. The Hall–Kier alpha value is -1.97. The van der Waals surface area contributed by atoms with Crippen molar-refractivity contribution in [1.29, 1.82) is 0 Å². The summed E-state index contributed by atoms with van der Waals surface area (Å²) in [7, 11) is 0. The average Bonchev–Trinajstić information content (AvgIpc) is 2.83. The second-order valence-corrected chi connectivity index (χ2v) is 4.41. The summed E-state index contributed by atoms with van der Waals surface area (Å²) in [5, 5.41) is 5.04. The van der Waals surface area contributed by atoms with Gasteiger partial charge in [0.15, 0.2) is 6.61 Å². The van der Waals surface area contributed by atoms with E-state index in [1.54, 1.807) is 0 Å². The molecule has 2 heterocycles. The van der Waals surface area contributed by atoms with E-state index in [0.717, 1.165) is 6.20 Å². The van der Waals surface area contributed by atoms with Crippen molar-refractivity contribution in [3.05, 3.63) is 12.3 Å². The molecule has 0 aliphatic carbocycles. The molecule has 0 saturated carbocycles. The van der Waals surface area contributed by atoms with Crippen LogP contribution < -0.4 is 15.4 Å². The number of alkyl halides is 4. The van der Waals surface area contributed by atoms with Gasteiger partial charge in [-0.3, -0.25) is 4.79 Å². The predicted molar refractivity (Wildman–Crippen MR) is 63.5 cm³/mol. The summed E-state index contributed by atoms with van der Waals surface area (Å²) in [6.45, 7) is -1.44. The van der Waals surface area contributed by atoms with Crippen LogP contribution in [0.3, 0.4) is 0 Å². The van der Waals surface area contributed by atoms with Gasteiger partial charge in [-0.05, 0) is 6.07 Å². The molecule has 1 saturated heterocycles. The van der Waals surface area contributed by atoms with Gasteiger partial charge in [0, 0.05) is 19.2 Å². The number of hydrogen-bond acceptors (Lipinski definition) is 5. The van der Waals surface area contributed by atoms with Gasteiger partial charge in [0.05, 0.1) is 6.04 Å². The molecule has 2 atom stereocenters. The molecule has 6 nitrogen and oxygen atoms in total. The van der Waals surface area contributed by atoms with Crippen molar-refractivity contribution in [3.63, 3.8) is 0 Å². The Labute approximate surface area is 116 Å². The zero-order valence-electron chi connectivity index (χ0n) is 10.7. The summed E-state index contributed by atoms with van der Waals surface area (Å²) >= 11 is 0. The highest BCUT2D eigenvalue weighted by Crippen LogP contribution is 2.17. The molecule has 1 aliphatic heterocycles. The molecule has 0 aromatic carbocycles. The first-order valence-corrected chi connectivity index (χ1v) is 6.04. The van der Waals surface area contributed by atoms with Gasteiger partial charge in [-0.15, -0.1) is 0 Å². The van der Waals surface area contributed by atoms with Crippen LogP contribution in [-0.4, -0.2) is 47.4 Å². The number of anilines is 1. The van der Waals surface area contributed by atoms with E-state index < -0.39 is 36.9 Å². The Kier molecular flexibility index (Phi) is 4.56. The molecule has 10 heteroatoms. The highest BCUT2D eigenvalue weighted by atomic mass is 19.4. The van der Waals surface area contributed by atoms with Crippen molar-refractivity contribution in [3.8, 4) is 6.01 Å². The molecule has 0 bridgehead atoms. The first kappa shape index (κ1) is 15.4. The second-order valence-electron chi connectivity index (χ2n) is 4.41. The van der Waals surface area contributed by atoms with Crippen LogP contribution in [0.2, 0.25) is 0 Å². The quantitative estimate of drug-likeness (QED) is 0.813. The van der Waals surface area contributed by atoms with Crippen molar-refractivity contribution in [2.45, 2.75) is 24.8 Å². The van der Waals surface area contributed by atoms with Crippen LogP contribution in [0.4, 0.5) is 23.4 Å². The topological polar surface area (TPSA) is 76.1 Å². The summed E-state index contributed by atoms with van der Waals surface area (Å²) in [5.41, 5.74) is 0. The number of rotatable bonds is 4. The third-order valence-corrected chi connectivity index (χ3v) is 2.64. The summed E-state index contributed by atoms with van der Waals surface area (Å²) < 4.78 is 53.3. The lowest BCUT2D eigenvalue weighted by atomic mass is 10.2. The zero-order chi connectivity index (χ0) is 15.5.